The standard InChI is InChI=1S/C21H21BrClNO2S/c1-2-25-20-11-16(12-24-13-18-7-4-8-27-18)10-19(22)21(20)26-14-15-5-3-6-17(23)9-15/h3-11,24H,2,12-14H2,1H3. The lowest BCUT2D eigenvalue weighted by Gasteiger charge is -2.16. The summed E-state index contributed by atoms with van der Waals surface area (Å²) >= 11 is 11.4. The summed E-state index contributed by atoms with van der Waals surface area (Å²) in [7, 11) is 0. The van der Waals surface area contributed by atoms with E-state index in [1.807, 2.05) is 37.3 Å². The summed E-state index contributed by atoms with van der Waals surface area (Å²) in [6.45, 7) is 4.58. The molecule has 1 heterocycles. The van der Waals surface area contributed by atoms with Crippen molar-refractivity contribution in [1.82, 2.24) is 5.32 Å². The Morgan fingerprint density at radius 3 is 2.67 bits per heavy atom. The molecule has 3 rings (SSSR count). The van der Waals surface area contributed by atoms with Gasteiger partial charge in [0.25, 0.3) is 0 Å². The minimum atomic E-state index is 0.426. The molecule has 0 radical (unpaired) electrons. The summed E-state index contributed by atoms with van der Waals surface area (Å²) in [6, 6.07) is 16.0. The van der Waals surface area contributed by atoms with Crippen LogP contribution in [-0.4, -0.2) is 6.61 Å². The molecule has 0 fully saturated rings. The number of ether oxygens (including phenoxy) is 2. The quantitative estimate of drug-likeness (QED) is 0.394. The zero-order chi connectivity index (χ0) is 19.1. The summed E-state index contributed by atoms with van der Waals surface area (Å²) < 4.78 is 12.7. The fourth-order valence-electron chi connectivity index (χ4n) is 2.65. The number of benzene rings is 2. The lowest BCUT2D eigenvalue weighted by atomic mass is 10.2. The molecule has 3 nitrogen and oxygen atoms in total. The van der Waals surface area contributed by atoms with Gasteiger partial charge in [-0.05, 0) is 69.7 Å². The van der Waals surface area contributed by atoms with Gasteiger partial charge in [-0.15, -0.1) is 11.3 Å². The third-order valence-corrected chi connectivity index (χ3v) is 5.55. The van der Waals surface area contributed by atoms with Crippen LogP contribution in [0.5, 0.6) is 11.5 Å². The highest BCUT2D eigenvalue weighted by Gasteiger charge is 2.13. The van der Waals surface area contributed by atoms with Crippen molar-refractivity contribution in [1.29, 1.82) is 0 Å². The van der Waals surface area contributed by atoms with Crippen molar-refractivity contribution in [3.8, 4) is 11.5 Å². The van der Waals surface area contributed by atoms with Crippen molar-refractivity contribution in [3.63, 3.8) is 0 Å². The van der Waals surface area contributed by atoms with E-state index in [9.17, 15) is 0 Å². The van der Waals surface area contributed by atoms with E-state index in [2.05, 4.69) is 44.8 Å². The van der Waals surface area contributed by atoms with Crippen LogP contribution >= 0.6 is 38.9 Å². The molecule has 0 bridgehead atoms. The molecule has 1 N–H and O–H groups in total. The van der Waals surface area contributed by atoms with E-state index in [0.29, 0.717) is 24.0 Å². The lowest BCUT2D eigenvalue weighted by Crippen LogP contribution is -2.12. The Morgan fingerprint density at radius 2 is 1.93 bits per heavy atom. The molecule has 0 aliphatic rings. The molecule has 3 aromatic rings. The van der Waals surface area contributed by atoms with Crippen molar-refractivity contribution in [3.05, 3.63) is 79.4 Å². The van der Waals surface area contributed by atoms with Gasteiger partial charge in [-0.1, -0.05) is 29.8 Å². The van der Waals surface area contributed by atoms with E-state index in [1.54, 1.807) is 11.3 Å². The second kappa shape index (κ2) is 10.1. The molecule has 6 heteroatoms. The number of thiophene rings is 1. The minimum Gasteiger partial charge on any atom is -0.490 e. The molecule has 0 spiro atoms. The summed E-state index contributed by atoms with van der Waals surface area (Å²) in [5.74, 6) is 1.45. The smallest absolute Gasteiger partial charge is 0.175 e. The predicted octanol–water partition coefficient (Wildman–Crippen LogP) is 6.43. The zero-order valence-electron chi connectivity index (χ0n) is 15.0. The van der Waals surface area contributed by atoms with Crippen LogP contribution in [-0.2, 0) is 19.7 Å². The SMILES string of the molecule is CCOc1cc(CNCc2cccs2)cc(Br)c1OCc1cccc(Cl)c1. The normalized spacial score (nSPS) is 10.8. The van der Waals surface area contributed by atoms with Crippen molar-refractivity contribution < 1.29 is 9.47 Å². The van der Waals surface area contributed by atoms with Gasteiger partial charge in [0, 0.05) is 23.0 Å². The van der Waals surface area contributed by atoms with Crippen LogP contribution in [0.2, 0.25) is 5.02 Å². The van der Waals surface area contributed by atoms with Crippen molar-refractivity contribution >= 4 is 38.9 Å². The maximum atomic E-state index is 6.05. The maximum absolute atomic E-state index is 6.05. The Kier molecular flexibility index (Phi) is 7.59. The highest BCUT2D eigenvalue weighted by Crippen LogP contribution is 2.37. The highest BCUT2D eigenvalue weighted by atomic mass is 79.9. The van der Waals surface area contributed by atoms with Crippen LogP contribution in [0, 0.1) is 0 Å². The van der Waals surface area contributed by atoms with Gasteiger partial charge in [-0.3, -0.25) is 0 Å². The van der Waals surface area contributed by atoms with Gasteiger partial charge in [-0.2, -0.15) is 0 Å². The molecule has 2 aromatic carbocycles. The first-order chi connectivity index (χ1) is 13.2. The Bertz CT molecular complexity index is 871. The fourth-order valence-corrected chi connectivity index (χ4v) is 4.14. The monoisotopic (exact) mass is 465 g/mol. The highest BCUT2D eigenvalue weighted by molar-refractivity contribution is 9.10. The molecule has 1 aromatic heterocycles. The second-order valence-corrected chi connectivity index (χ2v) is 8.26. The largest absolute Gasteiger partial charge is 0.490 e. The van der Waals surface area contributed by atoms with Crippen LogP contribution in [0.3, 0.4) is 0 Å². The van der Waals surface area contributed by atoms with Gasteiger partial charge in [0.2, 0.25) is 0 Å². The predicted molar refractivity (Wildman–Crippen MR) is 116 cm³/mol. The maximum Gasteiger partial charge on any atom is 0.175 e. The van der Waals surface area contributed by atoms with E-state index in [1.165, 1.54) is 4.88 Å². The molecule has 0 unspecified atom stereocenters. The minimum absolute atomic E-state index is 0.426. The topological polar surface area (TPSA) is 30.5 Å². The van der Waals surface area contributed by atoms with Crippen molar-refractivity contribution in [2.75, 3.05) is 6.61 Å². The summed E-state index contributed by atoms with van der Waals surface area (Å²) in [5.41, 5.74) is 2.15. The third-order valence-electron chi connectivity index (χ3n) is 3.85. The first kappa shape index (κ1) is 20.2. The number of hydrogen-bond acceptors (Lipinski definition) is 4. The molecule has 0 atom stereocenters. The Hall–Kier alpha value is -1.53. The van der Waals surface area contributed by atoms with Crippen LogP contribution in [0.15, 0.2) is 58.4 Å². The molecule has 0 saturated carbocycles. The summed E-state index contributed by atoms with van der Waals surface area (Å²) in [6.07, 6.45) is 0. The average Bonchev–Trinajstić information content (AvgIpc) is 3.15. The van der Waals surface area contributed by atoms with Gasteiger partial charge < -0.3 is 14.8 Å². The van der Waals surface area contributed by atoms with E-state index in [-0.39, 0.29) is 0 Å². The van der Waals surface area contributed by atoms with E-state index in [0.717, 1.165) is 34.4 Å². The van der Waals surface area contributed by atoms with Crippen LogP contribution in [0.1, 0.15) is 22.9 Å². The van der Waals surface area contributed by atoms with Gasteiger partial charge in [0.1, 0.15) is 6.61 Å². The van der Waals surface area contributed by atoms with Crippen molar-refractivity contribution in [2.24, 2.45) is 0 Å². The number of nitrogens with one attached hydrogen (secondary N) is 1. The van der Waals surface area contributed by atoms with Crippen LogP contribution in [0.25, 0.3) is 0 Å². The number of hydrogen-bond donors (Lipinski definition) is 1. The molecule has 142 valence electrons. The first-order valence-electron chi connectivity index (χ1n) is 8.71. The van der Waals surface area contributed by atoms with E-state index in [4.69, 9.17) is 21.1 Å². The molecular formula is C21H21BrClNO2S. The average molecular weight is 467 g/mol. The molecule has 27 heavy (non-hydrogen) atoms. The van der Waals surface area contributed by atoms with Gasteiger partial charge in [0.15, 0.2) is 11.5 Å². The van der Waals surface area contributed by atoms with Crippen LogP contribution in [0.4, 0.5) is 0 Å². The second-order valence-electron chi connectivity index (χ2n) is 5.94. The summed E-state index contributed by atoms with van der Waals surface area (Å²) in [5, 5.41) is 6.25. The van der Waals surface area contributed by atoms with Crippen molar-refractivity contribution in [2.45, 2.75) is 26.6 Å². The van der Waals surface area contributed by atoms with Gasteiger partial charge >= 0.3 is 0 Å². The van der Waals surface area contributed by atoms with E-state index < -0.39 is 0 Å². The first-order valence-corrected chi connectivity index (χ1v) is 10.8. The zero-order valence-corrected chi connectivity index (χ0v) is 18.2. The Morgan fingerprint density at radius 1 is 1.04 bits per heavy atom. The number of rotatable bonds is 9. The third kappa shape index (κ3) is 5.98. The number of halogens is 2. The van der Waals surface area contributed by atoms with Gasteiger partial charge in [-0.25, -0.2) is 0 Å². The van der Waals surface area contributed by atoms with E-state index >= 15 is 0 Å². The van der Waals surface area contributed by atoms with Gasteiger partial charge in [0.05, 0.1) is 11.1 Å². The summed E-state index contributed by atoms with van der Waals surface area (Å²) in [4.78, 5) is 1.32. The Labute approximate surface area is 177 Å². The molecule has 0 aliphatic heterocycles. The molecular weight excluding hydrogens is 446 g/mol. The van der Waals surface area contributed by atoms with Crippen LogP contribution < -0.4 is 14.8 Å². The fraction of sp³-hybridized carbons (Fsp3) is 0.238. The lowest BCUT2D eigenvalue weighted by molar-refractivity contribution is 0.267. The molecule has 0 saturated heterocycles. The Balaban J connectivity index is 1.69. The molecule has 0 aliphatic carbocycles. The molecule has 0 amide bonds.